The van der Waals surface area contributed by atoms with E-state index in [9.17, 15) is 4.79 Å². The van der Waals surface area contributed by atoms with E-state index in [0.717, 1.165) is 48.3 Å². The minimum atomic E-state index is 0.107. The molecule has 0 saturated carbocycles. The predicted molar refractivity (Wildman–Crippen MR) is 116 cm³/mol. The Hall–Kier alpha value is -2.99. The molecule has 0 radical (unpaired) electrons. The first-order valence-electron chi connectivity index (χ1n) is 9.94. The summed E-state index contributed by atoms with van der Waals surface area (Å²) in [4.78, 5) is 19.7. The van der Waals surface area contributed by atoms with Crippen LogP contribution in [0.5, 0.6) is 0 Å². The SMILES string of the molecule is Cc1cnn(-c2ccc(C(=O)N3CCC(c4nc5ccccc5s4)CC3)cc2)c1. The number of benzene rings is 2. The van der Waals surface area contributed by atoms with Crippen LogP contribution in [0.15, 0.2) is 60.9 Å². The van der Waals surface area contributed by atoms with E-state index in [1.54, 1.807) is 11.3 Å². The van der Waals surface area contributed by atoms with Crippen LogP contribution in [0, 0.1) is 6.92 Å². The quantitative estimate of drug-likeness (QED) is 0.494. The van der Waals surface area contributed by atoms with Crippen LogP contribution in [0.1, 0.15) is 39.7 Å². The van der Waals surface area contributed by atoms with Crippen LogP contribution in [0.25, 0.3) is 15.9 Å². The van der Waals surface area contributed by atoms with Crippen LogP contribution in [-0.4, -0.2) is 38.7 Å². The van der Waals surface area contributed by atoms with E-state index in [2.05, 4.69) is 23.3 Å². The molecule has 0 bridgehead atoms. The lowest BCUT2D eigenvalue weighted by atomic mass is 9.97. The first-order valence-corrected chi connectivity index (χ1v) is 10.8. The van der Waals surface area contributed by atoms with Gasteiger partial charge in [0.15, 0.2) is 0 Å². The number of aryl methyl sites for hydroxylation is 1. The zero-order chi connectivity index (χ0) is 19.8. The number of hydrogen-bond acceptors (Lipinski definition) is 4. The van der Waals surface area contributed by atoms with Gasteiger partial charge < -0.3 is 4.90 Å². The van der Waals surface area contributed by atoms with E-state index in [4.69, 9.17) is 4.98 Å². The summed E-state index contributed by atoms with van der Waals surface area (Å²) >= 11 is 1.79. The summed E-state index contributed by atoms with van der Waals surface area (Å²) in [6.45, 7) is 3.57. The Balaban J connectivity index is 1.25. The van der Waals surface area contributed by atoms with Gasteiger partial charge in [0.25, 0.3) is 5.91 Å². The summed E-state index contributed by atoms with van der Waals surface area (Å²) in [7, 11) is 0. The molecule has 1 amide bonds. The number of nitrogens with zero attached hydrogens (tertiary/aromatic N) is 4. The molecule has 4 aromatic rings. The minimum Gasteiger partial charge on any atom is -0.339 e. The molecule has 1 aliphatic heterocycles. The van der Waals surface area contributed by atoms with Crippen LogP contribution in [0.2, 0.25) is 0 Å². The molecule has 1 saturated heterocycles. The molecule has 0 atom stereocenters. The van der Waals surface area contributed by atoms with Crippen LogP contribution < -0.4 is 0 Å². The standard InChI is InChI=1S/C23H22N4OS/c1-16-14-24-27(15-16)19-8-6-18(7-9-19)23(28)26-12-10-17(11-13-26)22-25-20-4-2-3-5-21(20)29-22/h2-9,14-15,17H,10-13H2,1H3. The number of carbonyl (C=O) groups is 1. The van der Waals surface area contributed by atoms with Crippen molar-refractivity contribution in [2.75, 3.05) is 13.1 Å². The van der Waals surface area contributed by atoms with Crippen LogP contribution in [-0.2, 0) is 0 Å². The minimum absolute atomic E-state index is 0.107. The maximum Gasteiger partial charge on any atom is 0.253 e. The third-order valence-electron chi connectivity index (χ3n) is 5.53. The lowest BCUT2D eigenvalue weighted by Crippen LogP contribution is -2.37. The van der Waals surface area contributed by atoms with Crippen molar-refractivity contribution in [2.45, 2.75) is 25.7 Å². The molecule has 2 aromatic heterocycles. The molecule has 6 heteroatoms. The largest absolute Gasteiger partial charge is 0.339 e. The van der Waals surface area contributed by atoms with Gasteiger partial charge >= 0.3 is 0 Å². The maximum absolute atomic E-state index is 12.9. The number of hydrogen-bond donors (Lipinski definition) is 0. The number of fused-ring (bicyclic) bond motifs is 1. The fraction of sp³-hybridized carbons (Fsp3) is 0.261. The van der Waals surface area contributed by atoms with Gasteiger partial charge in [-0.3, -0.25) is 4.79 Å². The molecule has 0 spiro atoms. The molecule has 1 fully saturated rings. The zero-order valence-electron chi connectivity index (χ0n) is 16.3. The zero-order valence-corrected chi connectivity index (χ0v) is 17.1. The summed E-state index contributed by atoms with van der Waals surface area (Å²) in [6, 6.07) is 16.0. The van der Waals surface area contributed by atoms with E-state index in [-0.39, 0.29) is 5.91 Å². The average Bonchev–Trinajstić information content (AvgIpc) is 3.40. The van der Waals surface area contributed by atoms with Crippen molar-refractivity contribution in [1.29, 1.82) is 0 Å². The van der Waals surface area contributed by atoms with Crippen LogP contribution in [0.3, 0.4) is 0 Å². The Morgan fingerprint density at radius 3 is 2.52 bits per heavy atom. The van der Waals surface area contributed by atoms with Crippen LogP contribution in [0.4, 0.5) is 0 Å². The molecule has 2 aromatic carbocycles. The van der Waals surface area contributed by atoms with Gasteiger partial charge in [0.05, 0.1) is 27.1 Å². The Morgan fingerprint density at radius 1 is 1.07 bits per heavy atom. The number of thiazole rings is 1. The number of para-hydroxylation sites is 1. The summed E-state index contributed by atoms with van der Waals surface area (Å²) < 4.78 is 3.07. The Morgan fingerprint density at radius 2 is 1.83 bits per heavy atom. The molecular formula is C23H22N4OS. The molecule has 0 N–H and O–H groups in total. The molecule has 0 aliphatic carbocycles. The van der Waals surface area contributed by atoms with Gasteiger partial charge in [0, 0.05) is 30.8 Å². The van der Waals surface area contributed by atoms with E-state index in [0.29, 0.717) is 5.92 Å². The van der Waals surface area contributed by atoms with Gasteiger partial charge in [-0.15, -0.1) is 11.3 Å². The lowest BCUT2D eigenvalue weighted by Gasteiger charge is -2.31. The monoisotopic (exact) mass is 402 g/mol. The number of carbonyl (C=O) groups excluding carboxylic acids is 1. The first kappa shape index (κ1) is 18.1. The van der Waals surface area contributed by atoms with Crippen molar-refractivity contribution in [2.24, 2.45) is 0 Å². The van der Waals surface area contributed by atoms with Gasteiger partial charge in [0.2, 0.25) is 0 Å². The van der Waals surface area contributed by atoms with Crippen molar-refractivity contribution in [3.63, 3.8) is 0 Å². The smallest absolute Gasteiger partial charge is 0.253 e. The molecule has 146 valence electrons. The Bertz CT molecular complexity index is 1120. The highest BCUT2D eigenvalue weighted by Crippen LogP contribution is 2.34. The molecule has 0 unspecified atom stereocenters. The second-order valence-electron chi connectivity index (χ2n) is 7.60. The van der Waals surface area contributed by atoms with Crippen molar-refractivity contribution < 1.29 is 4.79 Å². The summed E-state index contributed by atoms with van der Waals surface area (Å²) in [5.41, 5.74) is 3.89. The highest BCUT2D eigenvalue weighted by atomic mass is 32.1. The molecule has 1 aliphatic rings. The number of piperidine rings is 1. The molecular weight excluding hydrogens is 380 g/mol. The first-order chi connectivity index (χ1) is 14.2. The highest BCUT2D eigenvalue weighted by molar-refractivity contribution is 7.18. The van der Waals surface area contributed by atoms with Gasteiger partial charge in [-0.05, 0) is 61.7 Å². The second-order valence-corrected chi connectivity index (χ2v) is 8.66. The normalized spacial score (nSPS) is 15.1. The van der Waals surface area contributed by atoms with Gasteiger partial charge in [0.1, 0.15) is 0 Å². The fourth-order valence-electron chi connectivity index (χ4n) is 3.89. The Labute approximate surface area is 173 Å². The molecule has 3 heterocycles. The summed E-state index contributed by atoms with van der Waals surface area (Å²) in [6.07, 6.45) is 5.74. The predicted octanol–water partition coefficient (Wildman–Crippen LogP) is 4.81. The lowest BCUT2D eigenvalue weighted by molar-refractivity contribution is 0.0713. The van der Waals surface area contributed by atoms with Crippen molar-refractivity contribution in [1.82, 2.24) is 19.7 Å². The number of rotatable bonds is 3. The number of amides is 1. The van der Waals surface area contributed by atoms with Crippen molar-refractivity contribution in [3.05, 3.63) is 77.1 Å². The molecule has 5 nitrogen and oxygen atoms in total. The summed E-state index contributed by atoms with van der Waals surface area (Å²) in [5, 5.41) is 5.53. The van der Waals surface area contributed by atoms with Gasteiger partial charge in [-0.2, -0.15) is 5.10 Å². The molecule has 5 rings (SSSR count). The van der Waals surface area contributed by atoms with E-state index in [1.807, 2.05) is 59.2 Å². The van der Waals surface area contributed by atoms with E-state index in [1.165, 1.54) is 9.71 Å². The number of aromatic nitrogens is 3. The highest BCUT2D eigenvalue weighted by Gasteiger charge is 2.26. The van der Waals surface area contributed by atoms with Gasteiger partial charge in [-0.25, -0.2) is 9.67 Å². The second kappa shape index (κ2) is 7.44. The van der Waals surface area contributed by atoms with Crippen LogP contribution >= 0.6 is 11.3 Å². The maximum atomic E-state index is 12.9. The fourth-order valence-corrected chi connectivity index (χ4v) is 5.02. The topological polar surface area (TPSA) is 51.0 Å². The third-order valence-corrected chi connectivity index (χ3v) is 6.73. The molecule has 29 heavy (non-hydrogen) atoms. The van der Waals surface area contributed by atoms with Crippen molar-refractivity contribution >= 4 is 27.5 Å². The van der Waals surface area contributed by atoms with E-state index >= 15 is 0 Å². The average molecular weight is 403 g/mol. The third kappa shape index (κ3) is 3.56. The Kier molecular flexibility index (Phi) is 4.64. The van der Waals surface area contributed by atoms with Gasteiger partial charge in [-0.1, -0.05) is 12.1 Å². The number of likely N-dealkylation sites (tertiary alicyclic amines) is 1. The van der Waals surface area contributed by atoms with E-state index < -0.39 is 0 Å². The summed E-state index contributed by atoms with van der Waals surface area (Å²) in [5.74, 6) is 0.554. The van der Waals surface area contributed by atoms with Crippen molar-refractivity contribution in [3.8, 4) is 5.69 Å².